The molecule has 1 atom stereocenters. The molecule has 1 aromatic heterocycles. The van der Waals surface area contributed by atoms with Crippen LogP contribution >= 0.6 is 11.6 Å². The van der Waals surface area contributed by atoms with Gasteiger partial charge in [-0.1, -0.05) is 30.3 Å². The lowest BCUT2D eigenvalue weighted by atomic mass is 10.1. The highest BCUT2D eigenvalue weighted by molar-refractivity contribution is 6.32. The van der Waals surface area contributed by atoms with E-state index in [0.29, 0.717) is 5.56 Å². The van der Waals surface area contributed by atoms with Crippen LogP contribution in [0.4, 0.5) is 0 Å². The van der Waals surface area contributed by atoms with Gasteiger partial charge in [-0.15, -0.1) is 0 Å². The highest BCUT2D eigenvalue weighted by Gasteiger charge is 2.18. The zero-order chi connectivity index (χ0) is 13.0. The summed E-state index contributed by atoms with van der Waals surface area (Å²) in [5, 5.41) is 11.7. The molecule has 0 aliphatic rings. The van der Waals surface area contributed by atoms with E-state index >= 15 is 0 Å². The Kier molecular flexibility index (Phi) is 3.66. The maximum absolute atomic E-state index is 11.9. The number of nitrogens with zero attached hydrogens (tertiary/aromatic N) is 1. The average Bonchev–Trinajstić information content (AvgIpc) is 2.83. The van der Waals surface area contributed by atoms with Crippen molar-refractivity contribution >= 4 is 17.5 Å². The summed E-state index contributed by atoms with van der Waals surface area (Å²) in [5.74, 6) is -0.441. The summed E-state index contributed by atoms with van der Waals surface area (Å²) in [6.07, 6.45) is 1.32. The van der Waals surface area contributed by atoms with Crippen LogP contribution in [-0.2, 0) is 0 Å². The number of furan rings is 1. The first-order valence-corrected chi connectivity index (χ1v) is 5.58. The number of amides is 1. The van der Waals surface area contributed by atoms with E-state index in [1.807, 2.05) is 12.1 Å². The number of nitrogens with one attached hydrogen (secondary N) is 1. The molecule has 0 aliphatic heterocycles. The first-order valence-electron chi connectivity index (χ1n) is 5.21. The molecule has 1 aromatic carbocycles. The molecule has 0 saturated carbocycles. The van der Waals surface area contributed by atoms with Gasteiger partial charge in [0.1, 0.15) is 6.04 Å². The molecule has 2 aromatic rings. The van der Waals surface area contributed by atoms with Crippen LogP contribution < -0.4 is 5.32 Å². The summed E-state index contributed by atoms with van der Waals surface area (Å²) in [6, 6.07) is 11.7. The molecule has 0 radical (unpaired) electrons. The summed E-state index contributed by atoms with van der Waals surface area (Å²) in [4.78, 5) is 11.9. The maximum atomic E-state index is 11.9. The van der Waals surface area contributed by atoms with Gasteiger partial charge in [0.15, 0.2) is 0 Å². The van der Waals surface area contributed by atoms with Gasteiger partial charge in [0, 0.05) is 0 Å². The van der Waals surface area contributed by atoms with Crippen LogP contribution in [-0.4, -0.2) is 5.91 Å². The average molecular weight is 261 g/mol. The van der Waals surface area contributed by atoms with Gasteiger partial charge in [-0.25, -0.2) is 0 Å². The van der Waals surface area contributed by atoms with Crippen LogP contribution in [0.2, 0.25) is 5.22 Å². The summed E-state index contributed by atoms with van der Waals surface area (Å²) >= 11 is 5.70. The van der Waals surface area contributed by atoms with E-state index in [2.05, 4.69) is 5.32 Å². The van der Waals surface area contributed by atoms with E-state index in [0.717, 1.165) is 0 Å². The van der Waals surface area contributed by atoms with Crippen molar-refractivity contribution in [1.82, 2.24) is 5.32 Å². The predicted molar refractivity (Wildman–Crippen MR) is 66.0 cm³/mol. The number of nitriles is 1. The maximum Gasteiger partial charge on any atom is 0.257 e. The summed E-state index contributed by atoms with van der Waals surface area (Å²) < 4.78 is 4.83. The molecule has 90 valence electrons. The number of carbonyl (C=O) groups is 1. The number of benzene rings is 1. The van der Waals surface area contributed by atoms with Gasteiger partial charge < -0.3 is 9.73 Å². The molecular formula is C13H9ClN2O2. The third-order valence-electron chi connectivity index (χ3n) is 2.40. The highest BCUT2D eigenvalue weighted by atomic mass is 35.5. The molecule has 4 nitrogen and oxygen atoms in total. The van der Waals surface area contributed by atoms with Gasteiger partial charge in [0.2, 0.25) is 5.22 Å². The van der Waals surface area contributed by atoms with E-state index in [-0.39, 0.29) is 10.8 Å². The van der Waals surface area contributed by atoms with Gasteiger partial charge in [-0.05, 0) is 23.2 Å². The van der Waals surface area contributed by atoms with Crippen molar-refractivity contribution in [2.24, 2.45) is 0 Å². The van der Waals surface area contributed by atoms with Gasteiger partial charge in [-0.3, -0.25) is 4.79 Å². The molecule has 5 heteroatoms. The molecule has 0 saturated heterocycles. The fraction of sp³-hybridized carbons (Fsp3) is 0.0769. The van der Waals surface area contributed by atoms with E-state index in [4.69, 9.17) is 21.3 Å². The van der Waals surface area contributed by atoms with Crippen molar-refractivity contribution in [3.05, 3.63) is 59.0 Å². The number of halogens is 1. The first kappa shape index (κ1) is 12.2. The van der Waals surface area contributed by atoms with Gasteiger partial charge in [0.25, 0.3) is 5.91 Å². The normalized spacial score (nSPS) is 11.6. The monoisotopic (exact) mass is 260 g/mol. The second-order valence-electron chi connectivity index (χ2n) is 3.55. The first-order chi connectivity index (χ1) is 8.72. The number of carbonyl (C=O) groups excluding carboxylic acids is 1. The van der Waals surface area contributed by atoms with Crippen LogP contribution in [0.5, 0.6) is 0 Å². The second kappa shape index (κ2) is 5.39. The Labute approximate surface area is 109 Å². The number of rotatable bonds is 3. The zero-order valence-corrected chi connectivity index (χ0v) is 10.0. The molecular weight excluding hydrogens is 252 g/mol. The Bertz CT molecular complexity index is 587. The summed E-state index contributed by atoms with van der Waals surface area (Å²) in [6.45, 7) is 0. The van der Waals surface area contributed by atoms with Crippen LogP contribution in [0.3, 0.4) is 0 Å². The SMILES string of the molecule is N#CC(NC(=O)c1ccoc1Cl)c1ccccc1. The Morgan fingerprint density at radius 2 is 2.06 bits per heavy atom. The zero-order valence-electron chi connectivity index (χ0n) is 9.26. The Hall–Kier alpha value is -2.25. The van der Waals surface area contributed by atoms with Crippen LogP contribution in [0, 0.1) is 11.3 Å². The number of hydrogen-bond donors (Lipinski definition) is 1. The van der Waals surface area contributed by atoms with E-state index in [1.165, 1.54) is 12.3 Å². The fourth-order valence-electron chi connectivity index (χ4n) is 1.50. The van der Waals surface area contributed by atoms with Gasteiger partial charge >= 0.3 is 0 Å². The fourth-order valence-corrected chi connectivity index (χ4v) is 1.70. The van der Waals surface area contributed by atoms with E-state index in [9.17, 15) is 4.79 Å². The lowest BCUT2D eigenvalue weighted by Crippen LogP contribution is -2.27. The van der Waals surface area contributed by atoms with Crippen molar-refractivity contribution in [3.63, 3.8) is 0 Å². The predicted octanol–water partition coefficient (Wildman–Crippen LogP) is 2.93. The minimum Gasteiger partial charge on any atom is -0.452 e. The van der Waals surface area contributed by atoms with Crippen molar-refractivity contribution < 1.29 is 9.21 Å². The molecule has 1 amide bonds. The summed E-state index contributed by atoms with van der Waals surface area (Å²) in [5.41, 5.74) is 0.931. The van der Waals surface area contributed by atoms with Crippen molar-refractivity contribution in [3.8, 4) is 6.07 Å². The molecule has 1 unspecified atom stereocenters. The quantitative estimate of drug-likeness (QED) is 0.923. The Morgan fingerprint density at radius 1 is 1.33 bits per heavy atom. The van der Waals surface area contributed by atoms with Crippen LogP contribution in [0.15, 0.2) is 47.1 Å². The largest absolute Gasteiger partial charge is 0.452 e. The minimum atomic E-state index is -0.718. The standard InChI is InChI=1S/C13H9ClN2O2/c14-12-10(6-7-18-12)13(17)16-11(8-15)9-4-2-1-3-5-9/h1-7,11H,(H,16,17). The van der Waals surface area contributed by atoms with Gasteiger partial charge in [0.05, 0.1) is 17.9 Å². The Balaban J connectivity index is 2.16. The third-order valence-corrected chi connectivity index (χ3v) is 2.69. The molecule has 18 heavy (non-hydrogen) atoms. The molecule has 1 N–H and O–H groups in total. The number of hydrogen-bond acceptors (Lipinski definition) is 3. The topological polar surface area (TPSA) is 66.0 Å². The van der Waals surface area contributed by atoms with E-state index < -0.39 is 11.9 Å². The van der Waals surface area contributed by atoms with Crippen LogP contribution in [0.25, 0.3) is 0 Å². The van der Waals surface area contributed by atoms with Gasteiger partial charge in [-0.2, -0.15) is 5.26 Å². The van der Waals surface area contributed by atoms with Crippen molar-refractivity contribution in [2.75, 3.05) is 0 Å². The minimum absolute atomic E-state index is 0.0113. The lowest BCUT2D eigenvalue weighted by Gasteiger charge is -2.10. The van der Waals surface area contributed by atoms with Crippen LogP contribution in [0.1, 0.15) is 22.0 Å². The Morgan fingerprint density at radius 3 is 2.61 bits per heavy atom. The van der Waals surface area contributed by atoms with E-state index in [1.54, 1.807) is 24.3 Å². The molecule has 1 heterocycles. The third kappa shape index (κ3) is 2.53. The highest BCUT2D eigenvalue weighted by Crippen LogP contribution is 2.18. The molecule has 0 bridgehead atoms. The van der Waals surface area contributed by atoms with Crippen molar-refractivity contribution in [2.45, 2.75) is 6.04 Å². The molecule has 0 aliphatic carbocycles. The van der Waals surface area contributed by atoms with Crippen molar-refractivity contribution in [1.29, 1.82) is 5.26 Å². The molecule has 0 spiro atoms. The smallest absolute Gasteiger partial charge is 0.257 e. The molecule has 0 fully saturated rings. The molecule has 2 rings (SSSR count). The lowest BCUT2D eigenvalue weighted by molar-refractivity contribution is 0.0944. The summed E-state index contributed by atoms with van der Waals surface area (Å²) in [7, 11) is 0. The second-order valence-corrected chi connectivity index (χ2v) is 3.90.